The van der Waals surface area contributed by atoms with E-state index in [9.17, 15) is 9.59 Å². The Bertz CT molecular complexity index is 637. The smallest absolute Gasteiger partial charge is 0.230 e. The zero-order valence-electron chi connectivity index (χ0n) is 11.4. The molecule has 1 unspecified atom stereocenters. The van der Waals surface area contributed by atoms with Gasteiger partial charge in [-0.1, -0.05) is 11.8 Å². The summed E-state index contributed by atoms with van der Waals surface area (Å²) in [5, 5.41) is 8.09. The van der Waals surface area contributed by atoms with Gasteiger partial charge < -0.3 is 15.9 Å². The zero-order chi connectivity index (χ0) is 15.4. The zero-order valence-corrected chi connectivity index (χ0v) is 12.2. The molecule has 2 aromatic heterocycles. The number of furan rings is 1. The Morgan fingerprint density at radius 3 is 2.76 bits per heavy atom. The first-order chi connectivity index (χ1) is 9.99. The molecule has 21 heavy (non-hydrogen) atoms. The average Bonchev–Trinajstić information content (AvgIpc) is 3.04. The van der Waals surface area contributed by atoms with Crippen molar-refractivity contribution in [3.63, 3.8) is 0 Å². The van der Waals surface area contributed by atoms with Crippen LogP contribution in [0.1, 0.15) is 13.3 Å². The SMILES string of the molecule is CC(Sc1nnc(-c2ccco2)n1CCC(N)=O)C(N)=O. The van der Waals surface area contributed by atoms with Crippen LogP contribution in [0.4, 0.5) is 0 Å². The Morgan fingerprint density at radius 2 is 2.19 bits per heavy atom. The van der Waals surface area contributed by atoms with Gasteiger partial charge in [0.25, 0.3) is 0 Å². The maximum Gasteiger partial charge on any atom is 0.230 e. The van der Waals surface area contributed by atoms with Gasteiger partial charge in [0.2, 0.25) is 11.8 Å². The first-order valence-corrected chi connectivity index (χ1v) is 7.08. The van der Waals surface area contributed by atoms with Crippen LogP contribution in [0.3, 0.4) is 0 Å². The molecule has 0 aliphatic rings. The van der Waals surface area contributed by atoms with E-state index in [0.29, 0.717) is 23.3 Å². The van der Waals surface area contributed by atoms with Crippen molar-refractivity contribution in [3.05, 3.63) is 18.4 Å². The molecule has 0 aromatic carbocycles. The second kappa shape index (κ2) is 6.44. The van der Waals surface area contributed by atoms with Gasteiger partial charge in [0.15, 0.2) is 16.7 Å². The third-order valence-electron chi connectivity index (χ3n) is 2.72. The van der Waals surface area contributed by atoms with Gasteiger partial charge in [0.1, 0.15) is 0 Å². The standard InChI is InChI=1S/C12H15N5O3S/c1-7(10(14)19)21-12-16-15-11(8-3-2-6-20-8)17(12)5-4-9(13)18/h2-3,6-7H,4-5H2,1H3,(H2,13,18)(H2,14,19). The number of carbonyl (C=O) groups excluding carboxylic acids is 2. The van der Waals surface area contributed by atoms with Crippen molar-refractivity contribution in [1.29, 1.82) is 0 Å². The highest BCUT2D eigenvalue weighted by atomic mass is 32.2. The number of nitrogens with two attached hydrogens (primary N) is 2. The van der Waals surface area contributed by atoms with Crippen LogP contribution in [0.25, 0.3) is 11.6 Å². The van der Waals surface area contributed by atoms with Crippen molar-refractivity contribution in [2.24, 2.45) is 11.5 Å². The lowest BCUT2D eigenvalue weighted by Gasteiger charge is -2.10. The molecule has 2 heterocycles. The minimum Gasteiger partial charge on any atom is -0.461 e. The number of primary amides is 2. The van der Waals surface area contributed by atoms with Crippen LogP contribution in [0.15, 0.2) is 28.0 Å². The number of hydrogen-bond donors (Lipinski definition) is 2. The number of hydrogen-bond acceptors (Lipinski definition) is 6. The second-order valence-electron chi connectivity index (χ2n) is 4.31. The molecule has 8 nitrogen and oxygen atoms in total. The molecule has 0 fully saturated rings. The van der Waals surface area contributed by atoms with Crippen molar-refractivity contribution in [2.75, 3.05) is 0 Å². The minimum absolute atomic E-state index is 0.129. The van der Waals surface area contributed by atoms with Crippen molar-refractivity contribution < 1.29 is 14.0 Å². The van der Waals surface area contributed by atoms with E-state index in [1.807, 2.05) is 0 Å². The van der Waals surface area contributed by atoms with Gasteiger partial charge in [0.05, 0.1) is 11.5 Å². The number of rotatable bonds is 7. The molecule has 0 bridgehead atoms. The number of aromatic nitrogens is 3. The number of carbonyl (C=O) groups is 2. The molecule has 0 aliphatic carbocycles. The summed E-state index contributed by atoms with van der Waals surface area (Å²) in [5.74, 6) is 0.1000. The van der Waals surface area contributed by atoms with Crippen LogP contribution in [-0.4, -0.2) is 31.8 Å². The third kappa shape index (κ3) is 3.63. The molecule has 0 radical (unpaired) electrons. The summed E-state index contributed by atoms with van der Waals surface area (Å²) in [6, 6.07) is 3.46. The molecule has 0 aliphatic heterocycles. The van der Waals surface area contributed by atoms with Gasteiger partial charge in [-0.3, -0.25) is 14.2 Å². The largest absolute Gasteiger partial charge is 0.461 e. The Hall–Kier alpha value is -2.29. The van der Waals surface area contributed by atoms with Crippen molar-refractivity contribution in [1.82, 2.24) is 14.8 Å². The quantitative estimate of drug-likeness (QED) is 0.711. The summed E-state index contributed by atoms with van der Waals surface area (Å²) >= 11 is 1.17. The van der Waals surface area contributed by atoms with Crippen LogP contribution in [0, 0.1) is 0 Å². The predicted molar refractivity (Wildman–Crippen MR) is 76.0 cm³/mol. The van der Waals surface area contributed by atoms with Crippen LogP contribution >= 0.6 is 11.8 Å². The van der Waals surface area contributed by atoms with Gasteiger partial charge in [-0.25, -0.2) is 0 Å². The molecule has 9 heteroatoms. The summed E-state index contributed by atoms with van der Waals surface area (Å²) in [7, 11) is 0. The molecule has 0 saturated heterocycles. The van der Waals surface area contributed by atoms with E-state index in [-0.39, 0.29) is 6.42 Å². The summed E-state index contributed by atoms with van der Waals surface area (Å²) in [6.45, 7) is 1.97. The fraction of sp³-hybridized carbons (Fsp3) is 0.333. The van der Waals surface area contributed by atoms with Gasteiger partial charge in [-0.15, -0.1) is 10.2 Å². The van der Waals surface area contributed by atoms with E-state index in [4.69, 9.17) is 15.9 Å². The molecule has 2 rings (SSSR count). The van der Waals surface area contributed by atoms with E-state index in [2.05, 4.69) is 10.2 Å². The summed E-state index contributed by atoms with van der Waals surface area (Å²) in [6.07, 6.45) is 1.64. The lowest BCUT2D eigenvalue weighted by molar-refractivity contribution is -0.118. The highest BCUT2D eigenvalue weighted by Gasteiger charge is 2.20. The topological polar surface area (TPSA) is 130 Å². The molecule has 4 N–H and O–H groups in total. The molecule has 0 saturated carbocycles. The molecule has 1 atom stereocenters. The number of thioether (sulfide) groups is 1. The highest BCUT2D eigenvalue weighted by molar-refractivity contribution is 8.00. The van der Waals surface area contributed by atoms with E-state index in [1.165, 1.54) is 18.0 Å². The molecule has 2 amide bonds. The highest BCUT2D eigenvalue weighted by Crippen LogP contribution is 2.27. The molecule has 112 valence electrons. The maximum absolute atomic E-state index is 11.2. The normalized spacial score (nSPS) is 12.2. The van der Waals surface area contributed by atoms with Crippen LogP contribution in [0.5, 0.6) is 0 Å². The average molecular weight is 309 g/mol. The first-order valence-electron chi connectivity index (χ1n) is 6.20. The van der Waals surface area contributed by atoms with Crippen LogP contribution in [0.2, 0.25) is 0 Å². The second-order valence-corrected chi connectivity index (χ2v) is 5.62. The summed E-state index contributed by atoms with van der Waals surface area (Å²) in [4.78, 5) is 22.2. The number of amides is 2. The Labute approximate surface area is 124 Å². The minimum atomic E-state index is -0.467. The van der Waals surface area contributed by atoms with Crippen molar-refractivity contribution in [3.8, 4) is 11.6 Å². The van der Waals surface area contributed by atoms with Gasteiger partial charge in [-0.2, -0.15) is 0 Å². The monoisotopic (exact) mass is 309 g/mol. The van der Waals surface area contributed by atoms with Gasteiger partial charge >= 0.3 is 0 Å². The van der Waals surface area contributed by atoms with Gasteiger partial charge in [0, 0.05) is 13.0 Å². The summed E-state index contributed by atoms with van der Waals surface area (Å²) < 4.78 is 6.98. The van der Waals surface area contributed by atoms with E-state index in [0.717, 1.165) is 0 Å². The lowest BCUT2D eigenvalue weighted by Crippen LogP contribution is -2.23. The van der Waals surface area contributed by atoms with E-state index in [1.54, 1.807) is 23.6 Å². The fourth-order valence-electron chi connectivity index (χ4n) is 1.60. The Balaban J connectivity index is 2.31. The molecule has 2 aromatic rings. The summed E-state index contributed by atoms with van der Waals surface area (Å²) in [5.41, 5.74) is 10.4. The van der Waals surface area contributed by atoms with Crippen molar-refractivity contribution >= 4 is 23.6 Å². The van der Waals surface area contributed by atoms with Crippen LogP contribution in [-0.2, 0) is 16.1 Å². The molecular formula is C12H15N5O3S. The fourth-order valence-corrected chi connectivity index (χ4v) is 2.43. The predicted octanol–water partition coefficient (Wildman–Crippen LogP) is 0.379. The Kier molecular flexibility index (Phi) is 4.63. The van der Waals surface area contributed by atoms with Crippen molar-refractivity contribution in [2.45, 2.75) is 30.3 Å². The number of nitrogens with zero attached hydrogens (tertiary/aromatic N) is 3. The van der Waals surface area contributed by atoms with Crippen LogP contribution < -0.4 is 11.5 Å². The van der Waals surface area contributed by atoms with E-state index >= 15 is 0 Å². The third-order valence-corrected chi connectivity index (χ3v) is 3.82. The molecule has 0 spiro atoms. The van der Waals surface area contributed by atoms with Gasteiger partial charge in [-0.05, 0) is 19.1 Å². The first kappa shape index (κ1) is 15.1. The maximum atomic E-state index is 11.2. The lowest BCUT2D eigenvalue weighted by atomic mass is 10.3. The Morgan fingerprint density at radius 1 is 1.43 bits per heavy atom. The molecular weight excluding hydrogens is 294 g/mol. The van der Waals surface area contributed by atoms with E-state index < -0.39 is 17.1 Å².